The molecule has 4 heteroatoms. The molecule has 0 aliphatic heterocycles. The van der Waals surface area contributed by atoms with E-state index in [4.69, 9.17) is 11.6 Å². The fraction of sp³-hybridized carbons (Fsp3) is 0.294. The van der Waals surface area contributed by atoms with Gasteiger partial charge in [0, 0.05) is 11.4 Å². The fourth-order valence-corrected chi connectivity index (χ4v) is 2.48. The van der Waals surface area contributed by atoms with Crippen molar-refractivity contribution in [3.05, 3.63) is 58.6 Å². The quantitative estimate of drug-likeness (QED) is 0.849. The van der Waals surface area contributed by atoms with Crippen LogP contribution in [0.3, 0.4) is 0 Å². The van der Waals surface area contributed by atoms with E-state index in [1.807, 2.05) is 43.3 Å². The van der Waals surface area contributed by atoms with Crippen LogP contribution in [-0.4, -0.2) is 22.6 Å². The van der Waals surface area contributed by atoms with Gasteiger partial charge in [0.2, 0.25) is 0 Å². The van der Waals surface area contributed by atoms with E-state index in [-0.39, 0.29) is 0 Å². The first-order chi connectivity index (χ1) is 9.76. The second-order valence-corrected chi connectivity index (χ2v) is 6.55. The SMILES string of the molecule is Cc1ccc(B(O)c2ccc(CC(C)(C)O)cc2)cc1Cl. The summed E-state index contributed by atoms with van der Waals surface area (Å²) in [4.78, 5) is 0. The molecule has 21 heavy (non-hydrogen) atoms. The van der Waals surface area contributed by atoms with E-state index < -0.39 is 12.5 Å². The van der Waals surface area contributed by atoms with Crippen LogP contribution in [0.15, 0.2) is 42.5 Å². The summed E-state index contributed by atoms with van der Waals surface area (Å²) in [6.07, 6.45) is 0.583. The summed E-state index contributed by atoms with van der Waals surface area (Å²) < 4.78 is 0. The summed E-state index contributed by atoms with van der Waals surface area (Å²) in [5.41, 5.74) is 2.90. The van der Waals surface area contributed by atoms with Gasteiger partial charge in [0.15, 0.2) is 0 Å². The molecule has 0 spiro atoms. The van der Waals surface area contributed by atoms with E-state index >= 15 is 0 Å². The largest absolute Gasteiger partial charge is 0.443 e. The maximum Gasteiger partial charge on any atom is 0.359 e. The molecule has 0 saturated heterocycles. The number of hydrogen-bond donors (Lipinski definition) is 2. The van der Waals surface area contributed by atoms with E-state index in [1.165, 1.54) is 0 Å². The number of rotatable bonds is 4. The lowest BCUT2D eigenvalue weighted by molar-refractivity contribution is 0.0810. The molecule has 0 saturated carbocycles. The van der Waals surface area contributed by atoms with E-state index in [1.54, 1.807) is 19.9 Å². The Morgan fingerprint density at radius 2 is 1.62 bits per heavy atom. The first kappa shape index (κ1) is 16.1. The average Bonchev–Trinajstić information content (AvgIpc) is 2.40. The van der Waals surface area contributed by atoms with Crippen LogP contribution in [0.25, 0.3) is 0 Å². The van der Waals surface area contributed by atoms with Crippen molar-refractivity contribution in [1.29, 1.82) is 0 Å². The van der Waals surface area contributed by atoms with Gasteiger partial charge in [-0.1, -0.05) is 48.0 Å². The number of halogens is 1. The number of aliphatic hydroxyl groups is 1. The monoisotopic (exact) mass is 302 g/mol. The van der Waals surface area contributed by atoms with Crippen molar-refractivity contribution in [3.8, 4) is 0 Å². The van der Waals surface area contributed by atoms with Crippen LogP contribution >= 0.6 is 11.6 Å². The van der Waals surface area contributed by atoms with Crippen LogP contribution < -0.4 is 10.9 Å². The van der Waals surface area contributed by atoms with Crippen LogP contribution in [0.2, 0.25) is 5.02 Å². The summed E-state index contributed by atoms with van der Waals surface area (Å²) in [5, 5.41) is 20.9. The molecule has 0 aliphatic carbocycles. The third kappa shape index (κ3) is 4.34. The van der Waals surface area contributed by atoms with Crippen molar-refractivity contribution < 1.29 is 10.1 Å². The second-order valence-electron chi connectivity index (χ2n) is 6.14. The standard InChI is InChI=1S/C17H20BClO2/c1-12-4-7-15(10-16(12)19)18(21)14-8-5-13(6-9-14)11-17(2,3)20/h4-10,20-21H,11H2,1-3H3. The zero-order valence-corrected chi connectivity index (χ0v) is 13.4. The molecule has 0 amide bonds. The minimum Gasteiger partial charge on any atom is -0.443 e. The van der Waals surface area contributed by atoms with Crippen LogP contribution in [0.5, 0.6) is 0 Å². The van der Waals surface area contributed by atoms with Gasteiger partial charge in [-0.05, 0) is 48.9 Å². The van der Waals surface area contributed by atoms with Crippen molar-refractivity contribution in [2.75, 3.05) is 0 Å². The molecule has 110 valence electrons. The Hall–Kier alpha value is -1.29. The molecule has 2 rings (SSSR count). The van der Waals surface area contributed by atoms with Crippen molar-refractivity contribution in [2.24, 2.45) is 0 Å². The van der Waals surface area contributed by atoms with Gasteiger partial charge in [-0.25, -0.2) is 0 Å². The van der Waals surface area contributed by atoms with Gasteiger partial charge in [-0.3, -0.25) is 0 Å². The summed E-state index contributed by atoms with van der Waals surface area (Å²) >= 11 is 6.10. The third-order valence-electron chi connectivity index (χ3n) is 3.44. The Morgan fingerprint density at radius 1 is 1.05 bits per heavy atom. The summed E-state index contributed by atoms with van der Waals surface area (Å²) in [5.74, 6) is 0. The number of aryl methyl sites for hydroxylation is 1. The molecule has 0 bridgehead atoms. The topological polar surface area (TPSA) is 40.5 Å². The van der Waals surface area contributed by atoms with E-state index in [9.17, 15) is 10.1 Å². The van der Waals surface area contributed by atoms with Gasteiger partial charge >= 0.3 is 6.92 Å². The minimum atomic E-state index is -0.732. The maximum absolute atomic E-state index is 10.4. The second kappa shape index (κ2) is 6.23. The zero-order valence-electron chi connectivity index (χ0n) is 12.6. The molecule has 2 aromatic rings. The Balaban J connectivity index is 2.19. The lowest BCUT2D eigenvalue weighted by atomic mass is 9.56. The van der Waals surface area contributed by atoms with Crippen molar-refractivity contribution in [3.63, 3.8) is 0 Å². The van der Waals surface area contributed by atoms with Gasteiger partial charge < -0.3 is 10.1 Å². The average molecular weight is 303 g/mol. The van der Waals surface area contributed by atoms with Crippen LogP contribution in [-0.2, 0) is 6.42 Å². The van der Waals surface area contributed by atoms with Gasteiger partial charge in [0.25, 0.3) is 0 Å². The summed E-state index contributed by atoms with van der Waals surface area (Å²) in [6.45, 7) is 4.80. The zero-order chi connectivity index (χ0) is 15.6. The molecule has 0 atom stereocenters. The molecule has 0 fully saturated rings. The highest BCUT2D eigenvalue weighted by Gasteiger charge is 2.18. The number of hydrogen-bond acceptors (Lipinski definition) is 2. The Morgan fingerprint density at radius 3 is 2.14 bits per heavy atom. The molecule has 0 unspecified atom stereocenters. The first-order valence-electron chi connectivity index (χ1n) is 7.01. The first-order valence-corrected chi connectivity index (χ1v) is 7.39. The molecular weight excluding hydrogens is 282 g/mol. The maximum atomic E-state index is 10.4. The van der Waals surface area contributed by atoms with Crippen LogP contribution in [0.4, 0.5) is 0 Å². The smallest absolute Gasteiger partial charge is 0.359 e. The van der Waals surface area contributed by atoms with Crippen LogP contribution in [0, 0.1) is 6.92 Å². The van der Waals surface area contributed by atoms with Gasteiger partial charge in [-0.2, -0.15) is 0 Å². The molecule has 0 heterocycles. The van der Waals surface area contributed by atoms with Crippen molar-refractivity contribution in [2.45, 2.75) is 32.8 Å². The van der Waals surface area contributed by atoms with Crippen molar-refractivity contribution in [1.82, 2.24) is 0 Å². The van der Waals surface area contributed by atoms with Crippen molar-refractivity contribution >= 4 is 29.4 Å². The van der Waals surface area contributed by atoms with Crippen LogP contribution in [0.1, 0.15) is 25.0 Å². The van der Waals surface area contributed by atoms with E-state index in [2.05, 4.69) is 0 Å². The van der Waals surface area contributed by atoms with Gasteiger partial charge in [-0.15, -0.1) is 0 Å². The van der Waals surface area contributed by atoms with E-state index in [0.717, 1.165) is 22.1 Å². The Kier molecular flexibility index (Phi) is 4.77. The van der Waals surface area contributed by atoms with E-state index in [0.29, 0.717) is 11.4 Å². The fourth-order valence-electron chi connectivity index (χ4n) is 2.29. The summed E-state index contributed by atoms with van der Waals surface area (Å²) in [7, 11) is 0. The Labute approximate surface area is 131 Å². The highest BCUT2D eigenvalue weighted by Crippen LogP contribution is 2.13. The molecule has 0 radical (unpaired) electrons. The predicted octanol–water partition coefficient (Wildman–Crippen LogP) is 2.06. The Bertz CT molecular complexity index is 618. The highest BCUT2D eigenvalue weighted by atomic mass is 35.5. The highest BCUT2D eigenvalue weighted by molar-refractivity contribution is 6.79. The third-order valence-corrected chi connectivity index (χ3v) is 3.85. The lowest BCUT2D eigenvalue weighted by Crippen LogP contribution is -2.42. The predicted molar refractivity (Wildman–Crippen MR) is 89.9 cm³/mol. The molecule has 2 nitrogen and oxygen atoms in total. The molecule has 0 aliphatic rings. The molecule has 0 aromatic heterocycles. The molecule has 2 aromatic carbocycles. The normalized spacial score (nSPS) is 11.5. The van der Waals surface area contributed by atoms with Gasteiger partial charge in [0.1, 0.15) is 0 Å². The number of benzene rings is 2. The molecular formula is C17H20BClO2. The van der Waals surface area contributed by atoms with Gasteiger partial charge in [0.05, 0.1) is 5.60 Å². The lowest BCUT2D eigenvalue weighted by Gasteiger charge is -2.17. The summed E-state index contributed by atoms with van der Waals surface area (Å²) in [6, 6.07) is 13.2. The minimum absolute atomic E-state index is 0.583. The molecule has 2 N–H and O–H groups in total.